The summed E-state index contributed by atoms with van der Waals surface area (Å²) in [7, 11) is 0. The molecule has 0 spiro atoms. The Labute approximate surface area is 63.1 Å². The summed E-state index contributed by atoms with van der Waals surface area (Å²) in [6.45, 7) is 5.61. The molecule has 0 saturated heterocycles. The SMILES string of the molecule is CCCNCC(C)O.Cl. The normalized spacial score (nSPS) is 12.3. The molecule has 0 fully saturated rings. The zero-order chi connectivity index (χ0) is 6.41. The molecule has 3 heteroatoms. The Balaban J connectivity index is 0. The summed E-state index contributed by atoms with van der Waals surface area (Å²) in [5, 5.41) is 11.8. The van der Waals surface area contributed by atoms with Crippen molar-refractivity contribution < 1.29 is 5.11 Å². The van der Waals surface area contributed by atoms with Crippen LogP contribution in [0, 0.1) is 0 Å². The molecule has 0 aromatic heterocycles. The first-order valence-electron chi connectivity index (χ1n) is 3.16. The van der Waals surface area contributed by atoms with E-state index in [9.17, 15) is 0 Å². The van der Waals surface area contributed by atoms with Crippen molar-refractivity contribution in [1.82, 2.24) is 5.32 Å². The third-order valence-corrected chi connectivity index (χ3v) is 0.867. The van der Waals surface area contributed by atoms with E-state index in [1.54, 1.807) is 6.92 Å². The maximum absolute atomic E-state index is 8.72. The maximum atomic E-state index is 8.72. The number of nitrogens with one attached hydrogen (secondary N) is 1. The van der Waals surface area contributed by atoms with Gasteiger partial charge in [0.2, 0.25) is 0 Å². The molecule has 0 saturated carbocycles. The summed E-state index contributed by atoms with van der Waals surface area (Å²) in [4.78, 5) is 0. The average Bonchev–Trinajstić information content (AvgIpc) is 1.66. The molecule has 0 bridgehead atoms. The fraction of sp³-hybridized carbons (Fsp3) is 1.00. The lowest BCUT2D eigenvalue weighted by atomic mass is 10.4. The predicted octanol–water partition coefficient (Wildman–Crippen LogP) is 0.789. The van der Waals surface area contributed by atoms with Crippen molar-refractivity contribution in [2.45, 2.75) is 26.4 Å². The lowest BCUT2D eigenvalue weighted by Gasteiger charge is -2.03. The minimum atomic E-state index is -0.207. The number of halogens is 1. The van der Waals surface area contributed by atoms with Gasteiger partial charge in [0, 0.05) is 6.54 Å². The molecule has 0 radical (unpaired) electrons. The van der Waals surface area contributed by atoms with Crippen molar-refractivity contribution in [2.24, 2.45) is 0 Å². The van der Waals surface area contributed by atoms with Crippen LogP contribution in [0.2, 0.25) is 0 Å². The standard InChI is InChI=1S/C6H15NO.ClH/c1-3-4-7-5-6(2)8;/h6-8H,3-5H2,1-2H3;1H. The van der Waals surface area contributed by atoms with Crippen LogP contribution in [0.3, 0.4) is 0 Å². The van der Waals surface area contributed by atoms with E-state index in [1.165, 1.54) is 0 Å². The Morgan fingerprint density at radius 1 is 1.56 bits per heavy atom. The molecular formula is C6H16ClNO. The monoisotopic (exact) mass is 153 g/mol. The summed E-state index contributed by atoms with van der Waals surface area (Å²) in [5.41, 5.74) is 0. The molecule has 0 aromatic carbocycles. The van der Waals surface area contributed by atoms with Gasteiger partial charge in [0.05, 0.1) is 6.10 Å². The van der Waals surface area contributed by atoms with E-state index >= 15 is 0 Å². The Kier molecular flexibility index (Phi) is 10.9. The van der Waals surface area contributed by atoms with Gasteiger partial charge in [-0.2, -0.15) is 0 Å². The molecule has 0 rings (SSSR count). The third-order valence-electron chi connectivity index (χ3n) is 0.867. The van der Waals surface area contributed by atoms with Gasteiger partial charge < -0.3 is 10.4 Å². The van der Waals surface area contributed by atoms with Crippen LogP contribution in [0.1, 0.15) is 20.3 Å². The van der Waals surface area contributed by atoms with Crippen LogP contribution in [-0.2, 0) is 0 Å². The molecule has 0 amide bonds. The number of rotatable bonds is 4. The molecule has 0 aliphatic carbocycles. The molecule has 2 N–H and O–H groups in total. The van der Waals surface area contributed by atoms with Gasteiger partial charge in [-0.05, 0) is 19.9 Å². The number of aliphatic hydroxyl groups is 1. The van der Waals surface area contributed by atoms with Crippen molar-refractivity contribution in [3.8, 4) is 0 Å². The zero-order valence-corrected chi connectivity index (χ0v) is 6.87. The molecule has 0 aliphatic heterocycles. The summed E-state index contributed by atoms with van der Waals surface area (Å²) in [6, 6.07) is 0. The number of hydrogen-bond donors (Lipinski definition) is 2. The molecule has 1 unspecified atom stereocenters. The second kappa shape index (κ2) is 8.21. The van der Waals surface area contributed by atoms with E-state index in [0.29, 0.717) is 6.54 Å². The van der Waals surface area contributed by atoms with Gasteiger partial charge in [-0.25, -0.2) is 0 Å². The summed E-state index contributed by atoms with van der Waals surface area (Å²) in [6.07, 6.45) is 0.925. The maximum Gasteiger partial charge on any atom is 0.0636 e. The van der Waals surface area contributed by atoms with E-state index in [1.807, 2.05) is 0 Å². The van der Waals surface area contributed by atoms with Crippen molar-refractivity contribution in [3.63, 3.8) is 0 Å². The molecule has 58 valence electrons. The van der Waals surface area contributed by atoms with Crippen LogP contribution in [0.25, 0.3) is 0 Å². The summed E-state index contributed by atoms with van der Waals surface area (Å²) < 4.78 is 0. The fourth-order valence-corrected chi connectivity index (χ4v) is 0.488. The fourth-order valence-electron chi connectivity index (χ4n) is 0.488. The third kappa shape index (κ3) is 11.7. The highest BCUT2D eigenvalue weighted by Gasteiger charge is 1.90. The van der Waals surface area contributed by atoms with Crippen molar-refractivity contribution in [2.75, 3.05) is 13.1 Å². The highest BCUT2D eigenvalue weighted by molar-refractivity contribution is 5.85. The minimum absolute atomic E-state index is 0. The van der Waals surface area contributed by atoms with E-state index < -0.39 is 0 Å². The first kappa shape index (κ1) is 11.9. The Hall–Kier alpha value is 0.210. The highest BCUT2D eigenvalue weighted by Crippen LogP contribution is 1.75. The van der Waals surface area contributed by atoms with Crippen molar-refractivity contribution >= 4 is 12.4 Å². The van der Waals surface area contributed by atoms with Gasteiger partial charge in [0.1, 0.15) is 0 Å². The zero-order valence-electron chi connectivity index (χ0n) is 6.05. The smallest absolute Gasteiger partial charge is 0.0636 e. The second-order valence-corrected chi connectivity index (χ2v) is 2.05. The lowest BCUT2D eigenvalue weighted by Crippen LogP contribution is -2.24. The van der Waals surface area contributed by atoms with Gasteiger partial charge >= 0.3 is 0 Å². The van der Waals surface area contributed by atoms with Gasteiger partial charge in [-0.3, -0.25) is 0 Å². The second-order valence-electron chi connectivity index (χ2n) is 2.05. The van der Waals surface area contributed by atoms with E-state index in [0.717, 1.165) is 13.0 Å². The quantitative estimate of drug-likeness (QED) is 0.586. The first-order valence-corrected chi connectivity index (χ1v) is 3.16. The van der Waals surface area contributed by atoms with E-state index in [-0.39, 0.29) is 18.5 Å². The summed E-state index contributed by atoms with van der Waals surface area (Å²) in [5.74, 6) is 0. The van der Waals surface area contributed by atoms with Crippen LogP contribution in [0.4, 0.5) is 0 Å². The molecule has 2 nitrogen and oxygen atoms in total. The van der Waals surface area contributed by atoms with Gasteiger partial charge in [0.25, 0.3) is 0 Å². The van der Waals surface area contributed by atoms with Crippen LogP contribution in [0.15, 0.2) is 0 Å². The lowest BCUT2D eigenvalue weighted by molar-refractivity contribution is 0.191. The molecule has 0 aromatic rings. The Morgan fingerprint density at radius 2 is 2.11 bits per heavy atom. The Bertz CT molecular complexity index is 50.3. The topological polar surface area (TPSA) is 32.3 Å². The molecule has 0 aliphatic rings. The van der Waals surface area contributed by atoms with E-state index in [2.05, 4.69) is 12.2 Å². The highest BCUT2D eigenvalue weighted by atomic mass is 35.5. The predicted molar refractivity (Wildman–Crippen MR) is 42.1 cm³/mol. The first-order chi connectivity index (χ1) is 3.77. The largest absolute Gasteiger partial charge is 0.392 e. The minimum Gasteiger partial charge on any atom is -0.392 e. The van der Waals surface area contributed by atoms with Gasteiger partial charge in [-0.1, -0.05) is 6.92 Å². The van der Waals surface area contributed by atoms with Gasteiger partial charge in [-0.15, -0.1) is 12.4 Å². The van der Waals surface area contributed by atoms with Crippen molar-refractivity contribution in [3.05, 3.63) is 0 Å². The molecule has 9 heavy (non-hydrogen) atoms. The van der Waals surface area contributed by atoms with Crippen LogP contribution >= 0.6 is 12.4 Å². The summed E-state index contributed by atoms with van der Waals surface area (Å²) >= 11 is 0. The molecule has 1 atom stereocenters. The van der Waals surface area contributed by atoms with Gasteiger partial charge in [0.15, 0.2) is 0 Å². The number of aliphatic hydroxyl groups excluding tert-OH is 1. The molecular weight excluding hydrogens is 138 g/mol. The molecule has 0 heterocycles. The average molecular weight is 154 g/mol. The number of hydrogen-bond acceptors (Lipinski definition) is 2. The Morgan fingerprint density at radius 3 is 2.44 bits per heavy atom. The van der Waals surface area contributed by atoms with E-state index in [4.69, 9.17) is 5.11 Å². The van der Waals surface area contributed by atoms with Crippen molar-refractivity contribution in [1.29, 1.82) is 0 Å². The van der Waals surface area contributed by atoms with Crippen LogP contribution in [-0.4, -0.2) is 24.3 Å². The van der Waals surface area contributed by atoms with Crippen LogP contribution in [0.5, 0.6) is 0 Å². The van der Waals surface area contributed by atoms with Crippen LogP contribution < -0.4 is 5.32 Å².